The van der Waals surface area contributed by atoms with E-state index in [1.165, 1.54) is 6.07 Å². The summed E-state index contributed by atoms with van der Waals surface area (Å²) in [5.74, 6) is -0.127. The Balaban J connectivity index is 2.72. The molecule has 0 saturated heterocycles. The van der Waals surface area contributed by atoms with Crippen molar-refractivity contribution < 1.29 is 13.2 Å². The molecule has 0 aliphatic carbocycles. The first-order valence-corrected chi connectivity index (χ1v) is 4.28. The van der Waals surface area contributed by atoms with E-state index in [0.717, 1.165) is 12.1 Å². The summed E-state index contributed by atoms with van der Waals surface area (Å²) in [6.07, 6.45) is -4.41. The largest absolute Gasteiger partial charge is 0.416 e. The van der Waals surface area contributed by atoms with Crippen molar-refractivity contribution in [2.75, 3.05) is 11.5 Å². The lowest BCUT2D eigenvalue weighted by atomic mass is 10.1. The van der Waals surface area contributed by atoms with E-state index in [1.807, 2.05) is 0 Å². The van der Waals surface area contributed by atoms with Crippen LogP contribution in [-0.4, -0.2) is 9.97 Å². The number of fused-ring (bicyclic) bond motifs is 1. The monoisotopic (exact) mass is 228 g/mol. The van der Waals surface area contributed by atoms with Gasteiger partial charge in [-0.3, -0.25) is 0 Å². The highest BCUT2D eigenvalue weighted by Gasteiger charge is 2.30. The lowest BCUT2D eigenvalue weighted by Gasteiger charge is -2.08. The van der Waals surface area contributed by atoms with E-state index in [2.05, 4.69) is 9.97 Å². The van der Waals surface area contributed by atoms with Gasteiger partial charge < -0.3 is 11.5 Å². The second-order valence-corrected chi connectivity index (χ2v) is 3.20. The molecule has 0 bridgehead atoms. The van der Waals surface area contributed by atoms with E-state index in [-0.39, 0.29) is 22.7 Å². The molecule has 4 nitrogen and oxygen atoms in total. The van der Waals surface area contributed by atoms with E-state index < -0.39 is 11.7 Å². The maximum Gasteiger partial charge on any atom is 0.416 e. The number of nitrogens with two attached hydrogens (primary N) is 2. The summed E-state index contributed by atoms with van der Waals surface area (Å²) in [7, 11) is 0. The van der Waals surface area contributed by atoms with Crippen LogP contribution in [0.5, 0.6) is 0 Å². The summed E-state index contributed by atoms with van der Waals surface area (Å²) >= 11 is 0. The molecule has 2 rings (SSSR count). The number of rotatable bonds is 0. The molecule has 0 aliphatic rings. The fraction of sp³-hybridized carbons (Fsp3) is 0.111. The minimum Gasteiger partial charge on any atom is -0.383 e. The summed E-state index contributed by atoms with van der Waals surface area (Å²) in [4.78, 5) is 7.38. The fourth-order valence-corrected chi connectivity index (χ4v) is 1.35. The summed E-state index contributed by atoms with van der Waals surface area (Å²) in [5.41, 5.74) is 10.3. The third-order valence-electron chi connectivity index (χ3n) is 2.07. The van der Waals surface area contributed by atoms with Crippen LogP contribution >= 0.6 is 0 Å². The van der Waals surface area contributed by atoms with E-state index in [9.17, 15) is 13.2 Å². The van der Waals surface area contributed by atoms with Crippen LogP contribution in [0.2, 0.25) is 0 Å². The second-order valence-electron chi connectivity index (χ2n) is 3.20. The molecule has 1 aromatic carbocycles. The summed E-state index contributed by atoms with van der Waals surface area (Å²) in [6.45, 7) is 0. The van der Waals surface area contributed by atoms with Crippen molar-refractivity contribution >= 4 is 22.7 Å². The number of benzene rings is 1. The van der Waals surface area contributed by atoms with Gasteiger partial charge in [-0.2, -0.15) is 18.2 Å². The van der Waals surface area contributed by atoms with E-state index in [1.54, 1.807) is 0 Å². The van der Waals surface area contributed by atoms with Crippen LogP contribution < -0.4 is 11.5 Å². The van der Waals surface area contributed by atoms with Gasteiger partial charge in [0, 0.05) is 5.39 Å². The van der Waals surface area contributed by atoms with Gasteiger partial charge in [0.05, 0.1) is 11.1 Å². The van der Waals surface area contributed by atoms with Crippen molar-refractivity contribution in [1.82, 2.24) is 9.97 Å². The molecular formula is C9H7F3N4. The summed E-state index contributed by atoms with van der Waals surface area (Å²) < 4.78 is 37.3. The zero-order chi connectivity index (χ0) is 11.9. The number of anilines is 2. The van der Waals surface area contributed by atoms with Gasteiger partial charge >= 0.3 is 6.18 Å². The van der Waals surface area contributed by atoms with Crippen molar-refractivity contribution in [2.45, 2.75) is 6.18 Å². The average molecular weight is 228 g/mol. The highest BCUT2D eigenvalue weighted by Crippen LogP contribution is 2.32. The van der Waals surface area contributed by atoms with Gasteiger partial charge in [0.25, 0.3) is 0 Å². The molecule has 0 radical (unpaired) electrons. The molecule has 16 heavy (non-hydrogen) atoms. The number of hydrogen-bond acceptors (Lipinski definition) is 4. The van der Waals surface area contributed by atoms with Crippen molar-refractivity contribution in [3.05, 3.63) is 23.8 Å². The van der Waals surface area contributed by atoms with Crippen LogP contribution in [0.3, 0.4) is 0 Å². The molecule has 0 atom stereocenters. The van der Waals surface area contributed by atoms with Crippen LogP contribution in [0.15, 0.2) is 18.2 Å². The number of hydrogen-bond donors (Lipinski definition) is 2. The summed E-state index contributed by atoms with van der Waals surface area (Å²) in [5, 5.41) is 0.143. The number of nitrogen functional groups attached to an aromatic ring is 2. The first-order chi connectivity index (χ1) is 7.38. The molecule has 0 unspecified atom stereocenters. The Labute approximate surface area is 88.1 Å². The highest BCUT2D eigenvalue weighted by atomic mass is 19.4. The normalized spacial score (nSPS) is 11.9. The molecular weight excluding hydrogens is 221 g/mol. The third kappa shape index (κ3) is 1.71. The summed E-state index contributed by atoms with van der Waals surface area (Å²) in [6, 6.07) is 3.05. The van der Waals surface area contributed by atoms with Gasteiger partial charge in [-0.25, -0.2) is 4.98 Å². The predicted octanol–water partition coefficient (Wildman–Crippen LogP) is 1.81. The molecule has 1 aromatic heterocycles. The van der Waals surface area contributed by atoms with E-state index >= 15 is 0 Å². The molecule has 0 amide bonds. The minimum atomic E-state index is -4.41. The van der Waals surface area contributed by atoms with Gasteiger partial charge in [-0.1, -0.05) is 0 Å². The smallest absolute Gasteiger partial charge is 0.383 e. The Kier molecular flexibility index (Phi) is 2.11. The van der Waals surface area contributed by atoms with Gasteiger partial charge in [0.2, 0.25) is 5.95 Å². The highest BCUT2D eigenvalue weighted by molar-refractivity contribution is 5.89. The van der Waals surface area contributed by atoms with Crippen LogP contribution in [0.4, 0.5) is 24.9 Å². The third-order valence-corrected chi connectivity index (χ3v) is 2.07. The van der Waals surface area contributed by atoms with Crippen LogP contribution in [0.1, 0.15) is 5.56 Å². The molecule has 0 fully saturated rings. The molecule has 84 valence electrons. The second kappa shape index (κ2) is 3.22. The molecule has 1 heterocycles. The lowest BCUT2D eigenvalue weighted by Crippen LogP contribution is -2.06. The molecule has 0 aliphatic heterocycles. The van der Waals surface area contributed by atoms with E-state index in [0.29, 0.717) is 0 Å². The maximum absolute atomic E-state index is 12.4. The Bertz CT molecular complexity index is 550. The van der Waals surface area contributed by atoms with Gasteiger partial charge in [-0.05, 0) is 18.2 Å². The zero-order valence-corrected chi connectivity index (χ0v) is 7.92. The fourth-order valence-electron chi connectivity index (χ4n) is 1.35. The maximum atomic E-state index is 12.4. The minimum absolute atomic E-state index is 0.0615. The average Bonchev–Trinajstić information content (AvgIpc) is 2.15. The van der Waals surface area contributed by atoms with Crippen molar-refractivity contribution in [3.8, 4) is 0 Å². The van der Waals surface area contributed by atoms with Crippen molar-refractivity contribution in [3.63, 3.8) is 0 Å². The van der Waals surface area contributed by atoms with Crippen molar-refractivity contribution in [1.29, 1.82) is 0 Å². The topological polar surface area (TPSA) is 77.8 Å². The Morgan fingerprint density at radius 1 is 1.06 bits per heavy atom. The first-order valence-electron chi connectivity index (χ1n) is 4.28. The van der Waals surface area contributed by atoms with Gasteiger partial charge in [0.1, 0.15) is 5.82 Å². The van der Waals surface area contributed by atoms with E-state index in [4.69, 9.17) is 11.5 Å². The van der Waals surface area contributed by atoms with Crippen LogP contribution in [-0.2, 0) is 6.18 Å². The molecule has 0 saturated carbocycles. The quantitative estimate of drug-likeness (QED) is 0.720. The van der Waals surface area contributed by atoms with Crippen LogP contribution in [0.25, 0.3) is 10.9 Å². The Morgan fingerprint density at radius 3 is 2.38 bits per heavy atom. The number of halogens is 3. The Morgan fingerprint density at radius 2 is 1.75 bits per heavy atom. The number of alkyl halides is 3. The SMILES string of the molecule is Nc1nc(N)c2cc(C(F)(F)F)ccc2n1. The zero-order valence-electron chi connectivity index (χ0n) is 7.92. The molecule has 7 heteroatoms. The standard InChI is InChI=1S/C9H7F3N4/c10-9(11,12)4-1-2-6-5(3-4)7(13)16-8(14)15-6/h1-3H,(H4,13,14,15,16). The van der Waals surface area contributed by atoms with Gasteiger partial charge in [0.15, 0.2) is 0 Å². The molecule has 2 aromatic rings. The Hall–Kier alpha value is -2.05. The first kappa shape index (κ1) is 10.5. The molecule has 4 N–H and O–H groups in total. The van der Waals surface area contributed by atoms with Gasteiger partial charge in [-0.15, -0.1) is 0 Å². The van der Waals surface area contributed by atoms with Crippen molar-refractivity contribution in [2.24, 2.45) is 0 Å². The number of nitrogens with zero attached hydrogens (tertiary/aromatic N) is 2. The lowest BCUT2D eigenvalue weighted by molar-refractivity contribution is -0.137. The predicted molar refractivity (Wildman–Crippen MR) is 53.4 cm³/mol. The number of aromatic nitrogens is 2. The molecule has 0 spiro atoms. The van der Waals surface area contributed by atoms with Crippen LogP contribution in [0, 0.1) is 0 Å².